The van der Waals surface area contributed by atoms with Gasteiger partial charge in [-0.15, -0.1) is 0 Å². The number of carbonyl (C=O) groups is 2. The number of nitrogens with zero attached hydrogens (tertiary/aromatic N) is 8. The van der Waals surface area contributed by atoms with Crippen molar-refractivity contribution in [3.63, 3.8) is 0 Å². The van der Waals surface area contributed by atoms with Crippen LogP contribution in [0.4, 0.5) is 5.69 Å². The standard InChI is InChI=1S/C41H48N8O3/c1-26-21-48(32-10-8-29(9-11-32)41(51)52)22-27(2)36(26)24-46-15-12-33(13-16-46)49-39-14-17-47(28(3)50)25-37(39)40(44-49)34-7-5-6-30-18-38(42-20-35(30)34)31-19-43-45(4)23-31/h5-11,18-20,23,26-27,33,36H,12-17,21-22,24-25H2,1-4H3,(H,51,52)/t26-,27+,36?. The molecule has 11 nitrogen and oxygen atoms in total. The van der Waals surface area contributed by atoms with Gasteiger partial charge in [-0.25, -0.2) is 4.79 Å². The molecular weight excluding hydrogens is 653 g/mol. The van der Waals surface area contributed by atoms with Crippen molar-refractivity contribution >= 4 is 28.3 Å². The maximum Gasteiger partial charge on any atom is 0.335 e. The smallest absolute Gasteiger partial charge is 0.335 e. The van der Waals surface area contributed by atoms with Crippen molar-refractivity contribution < 1.29 is 14.7 Å². The number of hydrogen-bond donors (Lipinski definition) is 1. The van der Waals surface area contributed by atoms with Crippen LogP contribution in [0.5, 0.6) is 0 Å². The van der Waals surface area contributed by atoms with E-state index in [9.17, 15) is 14.7 Å². The van der Waals surface area contributed by atoms with Crippen LogP contribution >= 0.6 is 0 Å². The Hall–Kier alpha value is -5.03. The molecule has 1 unspecified atom stereocenters. The maximum atomic E-state index is 12.6. The minimum absolute atomic E-state index is 0.101. The van der Waals surface area contributed by atoms with Gasteiger partial charge in [-0.1, -0.05) is 32.0 Å². The predicted molar refractivity (Wildman–Crippen MR) is 202 cm³/mol. The third-order valence-electron chi connectivity index (χ3n) is 11.9. The minimum atomic E-state index is -0.887. The Balaban J connectivity index is 0.995. The molecule has 3 atom stereocenters. The summed E-state index contributed by atoms with van der Waals surface area (Å²) in [5, 5.41) is 21.2. The van der Waals surface area contributed by atoms with Crippen LogP contribution in [-0.4, -0.2) is 90.6 Å². The van der Waals surface area contributed by atoms with Crippen LogP contribution in [0.25, 0.3) is 33.3 Å². The molecule has 52 heavy (non-hydrogen) atoms. The molecule has 1 amide bonds. The lowest BCUT2D eigenvalue weighted by atomic mass is 9.78. The Morgan fingerprint density at radius 2 is 1.71 bits per heavy atom. The first-order valence-electron chi connectivity index (χ1n) is 18.7. The van der Waals surface area contributed by atoms with E-state index in [-0.39, 0.29) is 5.91 Å². The molecule has 2 saturated heterocycles. The average molecular weight is 701 g/mol. The zero-order chi connectivity index (χ0) is 36.1. The summed E-state index contributed by atoms with van der Waals surface area (Å²) in [7, 11) is 1.91. The molecule has 3 aliphatic rings. The summed E-state index contributed by atoms with van der Waals surface area (Å²) in [6.45, 7) is 12.8. The highest BCUT2D eigenvalue weighted by atomic mass is 16.4. The molecule has 2 aromatic carbocycles. The van der Waals surface area contributed by atoms with Crippen LogP contribution in [0.15, 0.2) is 67.1 Å². The van der Waals surface area contributed by atoms with Crippen molar-refractivity contribution in [1.29, 1.82) is 0 Å². The van der Waals surface area contributed by atoms with Gasteiger partial charge in [-0.3, -0.25) is 19.1 Å². The van der Waals surface area contributed by atoms with E-state index in [0.29, 0.717) is 35.9 Å². The van der Waals surface area contributed by atoms with Crippen LogP contribution < -0.4 is 4.90 Å². The van der Waals surface area contributed by atoms with E-state index in [1.165, 1.54) is 11.3 Å². The molecule has 3 aliphatic heterocycles. The summed E-state index contributed by atoms with van der Waals surface area (Å²) in [6, 6.07) is 16.1. The van der Waals surface area contributed by atoms with Gasteiger partial charge in [0.1, 0.15) is 0 Å². The third-order valence-corrected chi connectivity index (χ3v) is 11.9. The first-order chi connectivity index (χ1) is 25.1. The van der Waals surface area contributed by atoms with E-state index in [1.54, 1.807) is 23.7 Å². The topological polar surface area (TPSA) is 113 Å². The Kier molecular flexibility index (Phi) is 9.07. The van der Waals surface area contributed by atoms with Gasteiger partial charge in [0.15, 0.2) is 0 Å². The molecule has 270 valence electrons. The number of anilines is 1. The van der Waals surface area contributed by atoms with E-state index in [2.05, 4.69) is 57.7 Å². The number of amides is 1. The molecule has 1 N–H and O–H groups in total. The molecular formula is C41H48N8O3. The number of likely N-dealkylation sites (tertiary alicyclic amines) is 1. The zero-order valence-electron chi connectivity index (χ0n) is 30.6. The fourth-order valence-corrected chi connectivity index (χ4v) is 8.95. The lowest BCUT2D eigenvalue weighted by Gasteiger charge is -2.45. The van der Waals surface area contributed by atoms with Crippen molar-refractivity contribution in [2.24, 2.45) is 24.8 Å². The Labute approximate surface area is 304 Å². The fourth-order valence-electron chi connectivity index (χ4n) is 8.95. The van der Waals surface area contributed by atoms with Gasteiger partial charge in [-0.2, -0.15) is 10.2 Å². The Morgan fingerprint density at radius 3 is 2.38 bits per heavy atom. The number of piperidine rings is 2. The third kappa shape index (κ3) is 6.46. The second kappa shape index (κ2) is 13.8. The number of fused-ring (bicyclic) bond motifs is 2. The molecule has 2 fully saturated rings. The molecule has 0 spiro atoms. The lowest BCUT2D eigenvalue weighted by molar-refractivity contribution is -0.129. The molecule has 6 heterocycles. The number of hydrogen-bond acceptors (Lipinski definition) is 7. The summed E-state index contributed by atoms with van der Waals surface area (Å²) < 4.78 is 4.12. The van der Waals surface area contributed by atoms with Crippen molar-refractivity contribution in [2.45, 2.75) is 52.6 Å². The van der Waals surface area contributed by atoms with Gasteiger partial charge in [0.25, 0.3) is 0 Å². The average Bonchev–Trinajstić information content (AvgIpc) is 3.76. The summed E-state index contributed by atoms with van der Waals surface area (Å²) in [5.74, 6) is 0.874. The SMILES string of the molecule is CC(=O)N1CCc2c(c(-c3cccc4cc(-c5cnn(C)c5)ncc34)nn2C2CCN(CC3[C@H](C)CN(c4ccc(C(=O)O)cc4)C[C@@H]3C)CC2)C1. The highest BCUT2D eigenvalue weighted by Gasteiger charge is 2.36. The van der Waals surface area contributed by atoms with Gasteiger partial charge in [0.2, 0.25) is 5.91 Å². The van der Waals surface area contributed by atoms with Gasteiger partial charge in [0, 0.05) is 112 Å². The van der Waals surface area contributed by atoms with Crippen molar-refractivity contribution in [3.05, 3.63) is 83.9 Å². The molecule has 0 radical (unpaired) electrons. The van der Waals surface area contributed by atoms with Crippen molar-refractivity contribution in [2.75, 3.05) is 44.2 Å². The van der Waals surface area contributed by atoms with Crippen molar-refractivity contribution in [3.8, 4) is 22.5 Å². The normalized spacial score (nSPS) is 21.4. The van der Waals surface area contributed by atoms with E-state index in [1.807, 2.05) is 42.7 Å². The zero-order valence-corrected chi connectivity index (χ0v) is 30.6. The molecule has 8 rings (SSSR count). The van der Waals surface area contributed by atoms with E-state index in [0.717, 1.165) is 97.5 Å². The Morgan fingerprint density at radius 1 is 0.962 bits per heavy atom. The van der Waals surface area contributed by atoms with Crippen LogP contribution in [0, 0.1) is 17.8 Å². The number of aromatic carboxylic acids is 1. The summed E-state index contributed by atoms with van der Waals surface area (Å²) >= 11 is 0. The number of pyridine rings is 1. The predicted octanol–water partition coefficient (Wildman–Crippen LogP) is 6.15. The monoisotopic (exact) mass is 700 g/mol. The number of rotatable bonds is 7. The van der Waals surface area contributed by atoms with E-state index in [4.69, 9.17) is 10.1 Å². The number of carbonyl (C=O) groups excluding carboxylic acids is 1. The number of carboxylic acid groups (broad SMARTS) is 1. The molecule has 11 heteroatoms. The Bertz CT molecular complexity index is 2100. The fraction of sp³-hybridized carbons (Fsp3) is 0.439. The summed E-state index contributed by atoms with van der Waals surface area (Å²) in [5.41, 5.74) is 7.78. The molecule has 0 bridgehead atoms. The maximum absolute atomic E-state index is 12.6. The molecule has 0 aliphatic carbocycles. The van der Waals surface area contributed by atoms with Crippen LogP contribution in [0.3, 0.4) is 0 Å². The second-order valence-electron chi connectivity index (χ2n) is 15.3. The largest absolute Gasteiger partial charge is 0.478 e. The highest BCUT2D eigenvalue weighted by molar-refractivity contribution is 5.97. The van der Waals surface area contributed by atoms with Crippen molar-refractivity contribution in [1.82, 2.24) is 34.3 Å². The minimum Gasteiger partial charge on any atom is -0.478 e. The second-order valence-corrected chi connectivity index (χ2v) is 15.3. The van der Waals surface area contributed by atoms with Crippen LogP contribution in [0.1, 0.15) is 61.3 Å². The van der Waals surface area contributed by atoms with Crippen LogP contribution in [0.2, 0.25) is 0 Å². The van der Waals surface area contributed by atoms with E-state index >= 15 is 0 Å². The molecule has 0 saturated carbocycles. The number of carboxylic acids is 1. The lowest BCUT2D eigenvalue weighted by Crippen LogP contribution is -2.49. The van der Waals surface area contributed by atoms with Gasteiger partial charge >= 0.3 is 5.97 Å². The summed E-state index contributed by atoms with van der Waals surface area (Å²) in [6.07, 6.45) is 8.69. The number of benzene rings is 2. The highest BCUT2D eigenvalue weighted by Crippen LogP contribution is 2.39. The molecule has 5 aromatic rings. The van der Waals surface area contributed by atoms with Gasteiger partial charge < -0.3 is 19.8 Å². The van der Waals surface area contributed by atoms with Crippen LogP contribution in [-0.2, 0) is 24.8 Å². The number of aromatic nitrogens is 5. The van der Waals surface area contributed by atoms with Gasteiger partial charge in [0.05, 0.1) is 29.2 Å². The van der Waals surface area contributed by atoms with Gasteiger partial charge in [-0.05, 0) is 66.3 Å². The first-order valence-corrected chi connectivity index (χ1v) is 18.7. The van der Waals surface area contributed by atoms with E-state index < -0.39 is 5.97 Å². The summed E-state index contributed by atoms with van der Waals surface area (Å²) in [4.78, 5) is 35.8. The molecule has 3 aromatic heterocycles. The first kappa shape index (κ1) is 34.1. The number of aryl methyl sites for hydroxylation is 1. The quantitative estimate of drug-likeness (QED) is 0.215.